The number of ether oxygens (including phenoxy) is 3. The Hall–Kier alpha value is -0.950. The summed E-state index contributed by atoms with van der Waals surface area (Å²) in [7, 11) is 1.70. The van der Waals surface area contributed by atoms with Crippen LogP contribution in [0.4, 0.5) is 0 Å². The fraction of sp³-hybridized carbons (Fsp3) is 0.812. The molecule has 3 aliphatic rings. The van der Waals surface area contributed by atoms with Crippen molar-refractivity contribution < 1.29 is 19.0 Å². The number of likely N-dealkylation sites (tertiary alicyclic amines) is 1. The van der Waals surface area contributed by atoms with Crippen molar-refractivity contribution in [3.05, 3.63) is 12.2 Å². The maximum absolute atomic E-state index is 12.4. The zero-order valence-electron chi connectivity index (χ0n) is 13.3. The Labute approximate surface area is 132 Å². The Balaban J connectivity index is 1.52. The molecular formula is C16H26N2O4. The molecule has 124 valence electrons. The second kappa shape index (κ2) is 7.08. The number of carbonyl (C=O) groups excluding carboxylic acids is 1. The first-order chi connectivity index (χ1) is 10.7. The Morgan fingerprint density at radius 2 is 2.18 bits per heavy atom. The number of hydrogen-bond donors (Lipinski definition) is 0. The van der Waals surface area contributed by atoms with E-state index in [1.807, 2.05) is 11.0 Å². The summed E-state index contributed by atoms with van der Waals surface area (Å²) in [6.45, 7) is 6.28. The molecule has 3 fully saturated rings. The van der Waals surface area contributed by atoms with Gasteiger partial charge in [-0.3, -0.25) is 9.69 Å². The van der Waals surface area contributed by atoms with E-state index in [0.29, 0.717) is 13.1 Å². The third-order valence-corrected chi connectivity index (χ3v) is 4.89. The minimum atomic E-state index is -0.275. The fourth-order valence-corrected chi connectivity index (χ4v) is 3.60. The highest BCUT2D eigenvalue weighted by Crippen LogP contribution is 2.36. The number of carbonyl (C=O) groups is 1. The first kappa shape index (κ1) is 15.9. The van der Waals surface area contributed by atoms with Crippen LogP contribution < -0.4 is 0 Å². The minimum Gasteiger partial charge on any atom is -0.379 e. The van der Waals surface area contributed by atoms with Gasteiger partial charge in [-0.1, -0.05) is 6.08 Å². The topological polar surface area (TPSA) is 51.2 Å². The molecule has 0 aromatic heterocycles. The van der Waals surface area contributed by atoms with Gasteiger partial charge in [-0.05, 0) is 12.8 Å². The predicted octanol–water partition coefficient (Wildman–Crippen LogP) is 0.281. The van der Waals surface area contributed by atoms with Crippen LogP contribution in [0.25, 0.3) is 0 Å². The summed E-state index contributed by atoms with van der Waals surface area (Å²) in [4.78, 5) is 16.5. The molecule has 22 heavy (non-hydrogen) atoms. The summed E-state index contributed by atoms with van der Waals surface area (Å²) >= 11 is 0. The van der Waals surface area contributed by atoms with Gasteiger partial charge in [0.15, 0.2) is 0 Å². The standard InChI is InChI=1S/C16H26N2O4/c1-20-14-12-18(13-16(14)5-3-9-22-16)15(19)4-2-6-17-7-10-21-11-8-17/h2,4,14H,3,5-13H2,1H3/b4-2+/t14-,16-/m1/s1. The van der Waals surface area contributed by atoms with Gasteiger partial charge in [-0.15, -0.1) is 0 Å². The summed E-state index contributed by atoms with van der Waals surface area (Å²) in [5.74, 6) is 0.0580. The molecule has 1 amide bonds. The van der Waals surface area contributed by atoms with Crippen molar-refractivity contribution in [2.45, 2.75) is 24.5 Å². The molecule has 0 radical (unpaired) electrons. The van der Waals surface area contributed by atoms with Gasteiger partial charge in [0, 0.05) is 39.4 Å². The van der Waals surface area contributed by atoms with Crippen molar-refractivity contribution in [1.82, 2.24) is 9.80 Å². The SMILES string of the molecule is CO[C@@H]1CN(C(=O)/C=C/CN2CCOCC2)C[C@]12CCCO2. The molecule has 0 bridgehead atoms. The van der Waals surface area contributed by atoms with Crippen molar-refractivity contribution in [2.75, 3.05) is 59.7 Å². The molecule has 0 aliphatic carbocycles. The summed E-state index contributed by atoms with van der Waals surface area (Å²) < 4.78 is 16.8. The van der Waals surface area contributed by atoms with Crippen LogP contribution in [-0.4, -0.2) is 87.1 Å². The lowest BCUT2D eigenvalue weighted by Gasteiger charge is -2.27. The minimum absolute atomic E-state index is 0.00778. The highest BCUT2D eigenvalue weighted by molar-refractivity contribution is 5.88. The molecule has 2 atom stereocenters. The van der Waals surface area contributed by atoms with Crippen LogP contribution in [-0.2, 0) is 19.0 Å². The van der Waals surface area contributed by atoms with E-state index in [1.54, 1.807) is 13.2 Å². The highest BCUT2D eigenvalue weighted by Gasteiger charge is 2.51. The van der Waals surface area contributed by atoms with Gasteiger partial charge in [0.25, 0.3) is 0 Å². The zero-order valence-corrected chi connectivity index (χ0v) is 13.3. The molecule has 3 saturated heterocycles. The molecule has 0 N–H and O–H groups in total. The lowest BCUT2D eigenvalue weighted by Crippen LogP contribution is -2.42. The van der Waals surface area contributed by atoms with Gasteiger partial charge in [0.1, 0.15) is 11.7 Å². The highest BCUT2D eigenvalue weighted by atomic mass is 16.6. The van der Waals surface area contributed by atoms with E-state index in [0.717, 1.165) is 52.3 Å². The van der Waals surface area contributed by atoms with Gasteiger partial charge < -0.3 is 19.1 Å². The second-order valence-electron chi connectivity index (χ2n) is 6.28. The molecule has 6 heteroatoms. The molecule has 0 aromatic rings. The Bertz CT molecular complexity index is 414. The average molecular weight is 310 g/mol. The Morgan fingerprint density at radius 3 is 2.86 bits per heavy atom. The molecular weight excluding hydrogens is 284 g/mol. The first-order valence-corrected chi connectivity index (χ1v) is 8.16. The van der Waals surface area contributed by atoms with Crippen LogP contribution in [0.3, 0.4) is 0 Å². The third kappa shape index (κ3) is 3.35. The van der Waals surface area contributed by atoms with E-state index in [2.05, 4.69) is 4.90 Å². The number of methoxy groups -OCH3 is 1. The molecule has 1 spiro atoms. The van der Waals surface area contributed by atoms with E-state index in [1.165, 1.54) is 0 Å². The predicted molar refractivity (Wildman–Crippen MR) is 81.7 cm³/mol. The lowest BCUT2D eigenvalue weighted by atomic mass is 9.97. The lowest BCUT2D eigenvalue weighted by molar-refractivity contribution is -0.126. The van der Waals surface area contributed by atoms with Crippen molar-refractivity contribution in [3.8, 4) is 0 Å². The Morgan fingerprint density at radius 1 is 1.36 bits per heavy atom. The zero-order chi connectivity index (χ0) is 15.4. The van der Waals surface area contributed by atoms with E-state index < -0.39 is 0 Å². The quantitative estimate of drug-likeness (QED) is 0.698. The Kier molecular flexibility index (Phi) is 5.13. The molecule has 0 unspecified atom stereocenters. The van der Waals surface area contributed by atoms with Crippen molar-refractivity contribution in [2.24, 2.45) is 0 Å². The molecule has 0 aromatic carbocycles. The summed E-state index contributed by atoms with van der Waals surface area (Å²) in [5.41, 5.74) is -0.275. The van der Waals surface area contributed by atoms with Crippen molar-refractivity contribution in [1.29, 1.82) is 0 Å². The van der Waals surface area contributed by atoms with Crippen LogP contribution in [0, 0.1) is 0 Å². The smallest absolute Gasteiger partial charge is 0.246 e. The average Bonchev–Trinajstić information content (AvgIpc) is 3.16. The number of nitrogens with zero attached hydrogens (tertiary/aromatic N) is 2. The second-order valence-corrected chi connectivity index (χ2v) is 6.28. The summed E-state index contributed by atoms with van der Waals surface area (Å²) in [5, 5.41) is 0. The summed E-state index contributed by atoms with van der Waals surface area (Å²) in [6, 6.07) is 0. The van der Waals surface area contributed by atoms with Gasteiger partial charge in [0.05, 0.1) is 26.3 Å². The molecule has 0 saturated carbocycles. The van der Waals surface area contributed by atoms with Gasteiger partial charge >= 0.3 is 0 Å². The molecule has 6 nitrogen and oxygen atoms in total. The van der Waals surface area contributed by atoms with Crippen LogP contribution in [0.2, 0.25) is 0 Å². The molecule has 3 rings (SSSR count). The largest absolute Gasteiger partial charge is 0.379 e. The van der Waals surface area contributed by atoms with Gasteiger partial charge in [0.2, 0.25) is 5.91 Å². The van der Waals surface area contributed by atoms with Gasteiger partial charge in [-0.2, -0.15) is 0 Å². The molecule has 3 heterocycles. The number of amides is 1. The van der Waals surface area contributed by atoms with Crippen LogP contribution in [0.1, 0.15) is 12.8 Å². The third-order valence-electron chi connectivity index (χ3n) is 4.89. The monoisotopic (exact) mass is 310 g/mol. The van der Waals surface area contributed by atoms with E-state index in [-0.39, 0.29) is 17.6 Å². The van der Waals surface area contributed by atoms with Crippen molar-refractivity contribution >= 4 is 5.91 Å². The van der Waals surface area contributed by atoms with E-state index in [9.17, 15) is 4.79 Å². The number of rotatable bonds is 4. The van der Waals surface area contributed by atoms with Crippen molar-refractivity contribution in [3.63, 3.8) is 0 Å². The van der Waals surface area contributed by atoms with Crippen LogP contribution in [0.15, 0.2) is 12.2 Å². The number of hydrogen-bond acceptors (Lipinski definition) is 5. The first-order valence-electron chi connectivity index (χ1n) is 8.16. The molecule has 3 aliphatic heterocycles. The number of morpholine rings is 1. The van der Waals surface area contributed by atoms with Crippen LogP contribution in [0.5, 0.6) is 0 Å². The maximum Gasteiger partial charge on any atom is 0.246 e. The van der Waals surface area contributed by atoms with E-state index >= 15 is 0 Å². The van der Waals surface area contributed by atoms with Crippen LogP contribution >= 0.6 is 0 Å². The normalized spacial score (nSPS) is 33.3. The van der Waals surface area contributed by atoms with Gasteiger partial charge in [-0.25, -0.2) is 0 Å². The summed E-state index contributed by atoms with van der Waals surface area (Å²) in [6.07, 6.45) is 5.67. The van der Waals surface area contributed by atoms with E-state index in [4.69, 9.17) is 14.2 Å². The maximum atomic E-state index is 12.4. The fourth-order valence-electron chi connectivity index (χ4n) is 3.60.